The molecule has 100 valence electrons. The highest BCUT2D eigenvalue weighted by Gasteiger charge is 2.19. The van der Waals surface area contributed by atoms with Crippen molar-refractivity contribution in [2.75, 3.05) is 19.6 Å². The Hall–Kier alpha value is -0.640. The first-order valence-electron chi connectivity index (χ1n) is 6.59. The van der Waals surface area contributed by atoms with Gasteiger partial charge in [0.25, 0.3) is 0 Å². The minimum Gasteiger partial charge on any atom is -0.317 e. The molecule has 2 nitrogen and oxygen atoms in total. The molecule has 1 aliphatic rings. The van der Waals surface area contributed by atoms with Crippen LogP contribution in [0.1, 0.15) is 25.3 Å². The third kappa shape index (κ3) is 3.44. The molecule has 0 atom stereocenters. The van der Waals surface area contributed by atoms with Gasteiger partial charge in [0.2, 0.25) is 0 Å². The molecule has 0 aliphatic carbocycles. The average molecular weight is 271 g/mol. The molecule has 0 aromatic heterocycles. The lowest BCUT2D eigenvalue weighted by Gasteiger charge is -2.33. The lowest BCUT2D eigenvalue weighted by molar-refractivity contribution is 0.162. The van der Waals surface area contributed by atoms with Gasteiger partial charge in [-0.05, 0) is 50.2 Å². The van der Waals surface area contributed by atoms with E-state index in [1.807, 2.05) is 6.07 Å². The van der Waals surface area contributed by atoms with Gasteiger partial charge in [0.05, 0.1) is 5.02 Å². The molecule has 0 saturated carbocycles. The number of piperidine rings is 1. The van der Waals surface area contributed by atoms with Crippen LogP contribution in [0.4, 0.5) is 4.39 Å². The van der Waals surface area contributed by atoms with Crippen LogP contribution in [0.25, 0.3) is 0 Å². The predicted octanol–water partition coefficient (Wildman–Crippen LogP) is 3.05. The van der Waals surface area contributed by atoms with Crippen molar-refractivity contribution in [2.24, 2.45) is 0 Å². The van der Waals surface area contributed by atoms with Gasteiger partial charge in [-0.15, -0.1) is 0 Å². The molecule has 1 aromatic carbocycles. The second-order valence-corrected chi connectivity index (χ2v) is 5.20. The summed E-state index contributed by atoms with van der Waals surface area (Å²) in [5, 5.41) is 3.57. The Bertz CT molecular complexity index is 391. The monoisotopic (exact) mass is 270 g/mol. The SMILES string of the molecule is CCN(Cc1ccc(Cl)c(F)c1)C1CCNCC1. The Kier molecular flexibility index (Phi) is 4.98. The molecule has 0 radical (unpaired) electrons. The predicted molar refractivity (Wildman–Crippen MR) is 73.4 cm³/mol. The topological polar surface area (TPSA) is 15.3 Å². The van der Waals surface area contributed by atoms with Crippen molar-refractivity contribution in [3.8, 4) is 0 Å². The van der Waals surface area contributed by atoms with Gasteiger partial charge in [-0.3, -0.25) is 4.90 Å². The Labute approximate surface area is 113 Å². The van der Waals surface area contributed by atoms with Crippen LogP contribution in [0, 0.1) is 5.82 Å². The van der Waals surface area contributed by atoms with Crippen LogP contribution >= 0.6 is 11.6 Å². The van der Waals surface area contributed by atoms with Crippen molar-refractivity contribution in [1.29, 1.82) is 0 Å². The van der Waals surface area contributed by atoms with Crippen molar-refractivity contribution in [3.05, 3.63) is 34.6 Å². The first-order valence-corrected chi connectivity index (χ1v) is 6.97. The number of hydrogen-bond acceptors (Lipinski definition) is 2. The largest absolute Gasteiger partial charge is 0.317 e. The Balaban J connectivity index is 2.02. The van der Waals surface area contributed by atoms with Crippen LogP contribution in [0.15, 0.2) is 18.2 Å². The van der Waals surface area contributed by atoms with E-state index in [1.165, 1.54) is 12.8 Å². The molecule has 1 saturated heterocycles. The van der Waals surface area contributed by atoms with E-state index in [9.17, 15) is 4.39 Å². The van der Waals surface area contributed by atoms with Crippen molar-refractivity contribution < 1.29 is 4.39 Å². The van der Waals surface area contributed by atoms with Gasteiger partial charge in [-0.2, -0.15) is 0 Å². The normalized spacial score (nSPS) is 17.3. The molecule has 1 aromatic rings. The summed E-state index contributed by atoms with van der Waals surface area (Å²) >= 11 is 5.70. The highest BCUT2D eigenvalue weighted by atomic mass is 35.5. The van der Waals surface area contributed by atoms with Gasteiger partial charge < -0.3 is 5.32 Å². The maximum absolute atomic E-state index is 13.4. The fourth-order valence-corrected chi connectivity index (χ4v) is 2.66. The number of halogens is 2. The summed E-state index contributed by atoms with van der Waals surface area (Å²) in [4.78, 5) is 2.42. The average Bonchev–Trinajstić information content (AvgIpc) is 2.41. The molecule has 0 bridgehead atoms. The highest BCUT2D eigenvalue weighted by Crippen LogP contribution is 2.19. The highest BCUT2D eigenvalue weighted by molar-refractivity contribution is 6.30. The van der Waals surface area contributed by atoms with E-state index in [-0.39, 0.29) is 10.8 Å². The molecule has 1 N–H and O–H groups in total. The number of benzene rings is 1. The van der Waals surface area contributed by atoms with Crippen molar-refractivity contribution in [3.63, 3.8) is 0 Å². The summed E-state index contributed by atoms with van der Waals surface area (Å²) in [5.41, 5.74) is 0.997. The molecular weight excluding hydrogens is 251 g/mol. The van der Waals surface area contributed by atoms with E-state index in [4.69, 9.17) is 11.6 Å². The molecule has 0 unspecified atom stereocenters. The smallest absolute Gasteiger partial charge is 0.142 e. The second-order valence-electron chi connectivity index (χ2n) is 4.79. The van der Waals surface area contributed by atoms with Crippen molar-refractivity contribution in [1.82, 2.24) is 10.2 Å². The summed E-state index contributed by atoms with van der Waals surface area (Å²) in [5.74, 6) is -0.324. The quantitative estimate of drug-likeness (QED) is 0.905. The summed E-state index contributed by atoms with van der Waals surface area (Å²) in [6.07, 6.45) is 2.34. The molecule has 18 heavy (non-hydrogen) atoms. The molecular formula is C14H20ClFN2. The fourth-order valence-electron chi connectivity index (χ4n) is 2.54. The zero-order valence-electron chi connectivity index (χ0n) is 10.8. The fraction of sp³-hybridized carbons (Fsp3) is 0.571. The van der Waals surface area contributed by atoms with Gasteiger partial charge in [-0.1, -0.05) is 24.6 Å². The van der Waals surface area contributed by atoms with E-state index >= 15 is 0 Å². The van der Waals surface area contributed by atoms with Gasteiger partial charge in [-0.25, -0.2) is 4.39 Å². The van der Waals surface area contributed by atoms with Gasteiger partial charge in [0.1, 0.15) is 5.82 Å². The Morgan fingerprint density at radius 2 is 2.11 bits per heavy atom. The van der Waals surface area contributed by atoms with E-state index in [2.05, 4.69) is 17.1 Å². The number of nitrogens with one attached hydrogen (secondary N) is 1. The summed E-state index contributed by atoms with van der Waals surface area (Å²) in [7, 11) is 0. The third-order valence-electron chi connectivity index (χ3n) is 3.60. The van der Waals surface area contributed by atoms with Crippen LogP contribution in [0.2, 0.25) is 5.02 Å². The molecule has 2 rings (SSSR count). The minimum absolute atomic E-state index is 0.198. The Morgan fingerprint density at radius 3 is 2.72 bits per heavy atom. The van der Waals surface area contributed by atoms with E-state index in [0.717, 1.165) is 31.7 Å². The first-order chi connectivity index (χ1) is 8.70. The molecule has 0 spiro atoms. The maximum atomic E-state index is 13.4. The van der Waals surface area contributed by atoms with Gasteiger partial charge in [0, 0.05) is 12.6 Å². The maximum Gasteiger partial charge on any atom is 0.142 e. The van der Waals surface area contributed by atoms with E-state index in [1.54, 1.807) is 12.1 Å². The van der Waals surface area contributed by atoms with Crippen LogP contribution in [0.3, 0.4) is 0 Å². The number of hydrogen-bond donors (Lipinski definition) is 1. The van der Waals surface area contributed by atoms with Crippen LogP contribution in [0.5, 0.6) is 0 Å². The molecule has 4 heteroatoms. The first kappa shape index (κ1) is 13.8. The number of rotatable bonds is 4. The second kappa shape index (κ2) is 6.50. The van der Waals surface area contributed by atoms with E-state index in [0.29, 0.717) is 6.04 Å². The summed E-state index contributed by atoms with van der Waals surface area (Å²) in [6, 6.07) is 5.71. The molecule has 1 fully saturated rings. The van der Waals surface area contributed by atoms with Crippen LogP contribution in [-0.2, 0) is 6.54 Å². The van der Waals surface area contributed by atoms with Crippen molar-refractivity contribution >= 4 is 11.6 Å². The Morgan fingerprint density at radius 1 is 1.39 bits per heavy atom. The number of nitrogens with zero attached hydrogens (tertiary/aromatic N) is 1. The van der Waals surface area contributed by atoms with Crippen LogP contribution in [-0.4, -0.2) is 30.6 Å². The van der Waals surface area contributed by atoms with Crippen molar-refractivity contribution in [2.45, 2.75) is 32.4 Å². The summed E-state index contributed by atoms with van der Waals surface area (Å²) in [6.45, 7) is 6.12. The molecule has 1 aliphatic heterocycles. The van der Waals surface area contributed by atoms with Gasteiger partial charge in [0.15, 0.2) is 0 Å². The lowest BCUT2D eigenvalue weighted by Crippen LogP contribution is -2.42. The minimum atomic E-state index is -0.324. The third-order valence-corrected chi connectivity index (χ3v) is 3.91. The molecule has 0 amide bonds. The summed E-state index contributed by atoms with van der Waals surface area (Å²) < 4.78 is 13.4. The lowest BCUT2D eigenvalue weighted by atomic mass is 10.0. The van der Waals surface area contributed by atoms with E-state index < -0.39 is 0 Å². The van der Waals surface area contributed by atoms with Crippen LogP contribution < -0.4 is 5.32 Å². The molecule has 1 heterocycles. The van der Waals surface area contributed by atoms with Gasteiger partial charge >= 0.3 is 0 Å². The zero-order chi connectivity index (χ0) is 13.0. The standard InChI is InChI=1S/C14H20ClFN2/c1-2-18(12-5-7-17-8-6-12)10-11-3-4-13(15)14(16)9-11/h3-4,9,12,17H,2,5-8,10H2,1H3. The zero-order valence-corrected chi connectivity index (χ0v) is 11.5.